The Morgan fingerprint density at radius 1 is 1.32 bits per heavy atom. The summed E-state index contributed by atoms with van der Waals surface area (Å²) in [5.41, 5.74) is 4.14. The summed E-state index contributed by atoms with van der Waals surface area (Å²) in [6, 6.07) is 5.55. The van der Waals surface area contributed by atoms with Gasteiger partial charge in [-0.25, -0.2) is 4.79 Å². The predicted molar refractivity (Wildman–Crippen MR) is 87.9 cm³/mol. The number of halogens is 1. The lowest BCUT2D eigenvalue weighted by Gasteiger charge is -1.99. The number of carboxylic acids is 1. The van der Waals surface area contributed by atoms with Gasteiger partial charge in [-0.1, -0.05) is 22.0 Å². The van der Waals surface area contributed by atoms with Gasteiger partial charge in [0, 0.05) is 21.4 Å². The molecule has 0 aliphatic carbocycles. The highest BCUT2D eigenvalue weighted by Crippen LogP contribution is 2.35. The number of aromatic amines is 1. The summed E-state index contributed by atoms with van der Waals surface area (Å²) >= 11 is 3.37. The molecule has 0 atom stereocenters. The monoisotopic (exact) mass is 360 g/mol. The van der Waals surface area contributed by atoms with E-state index in [2.05, 4.69) is 26.2 Å². The molecular weight excluding hydrogens is 348 g/mol. The third-order valence-electron chi connectivity index (χ3n) is 3.74. The van der Waals surface area contributed by atoms with Gasteiger partial charge in [0.1, 0.15) is 0 Å². The van der Waals surface area contributed by atoms with E-state index in [1.807, 2.05) is 18.2 Å². The van der Waals surface area contributed by atoms with Gasteiger partial charge in [0.2, 0.25) is 0 Å². The predicted octanol–water partition coefficient (Wildman–Crippen LogP) is 3.58. The number of rotatable bonds is 2. The van der Waals surface area contributed by atoms with Crippen LogP contribution in [0.1, 0.15) is 32.9 Å². The maximum Gasteiger partial charge on any atom is 0.337 e. The van der Waals surface area contributed by atoms with Crippen molar-refractivity contribution < 1.29 is 14.7 Å². The highest BCUT2D eigenvalue weighted by molar-refractivity contribution is 9.10. The first kappa shape index (κ1) is 14.6. The molecule has 3 N–H and O–H groups in total. The zero-order valence-electron chi connectivity index (χ0n) is 12.0. The molecule has 1 aliphatic heterocycles. The van der Waals surface area contributed by atoms with Gasteiger partial charge in [0.15, 0.2) is 0 Å². The van der Waals surface area contributed by atoms with Crippen LogP contribution in [0.3, 0.4) is 0 Å². The molecule has 3 rings (SSSR count). The summed E-state index contributed by atoms with van der Waals surface area (Å²) in [4.78, 5) is 26.5. The number of amides is 1. The number of anilines is 1. The number of aromatic carboxylic acids is 1. The summed E-state index contributed by atoms with van der Waals surface area (Å²) in [5.74, 6) is -1.17. The van der Waals surface area contributed by atoms with Crippen molar-refractivity contribution in [1.29, 1.82) is 0 Å². The number of carbonyl (C=O) groups is 2. The molecule has 0 spiro atoms. The van der Waals surface area contributed by atoms with Crippen LogP contribution in [0, 0.1) is 13.8 Å². The molecular formula is C16H13BrN2O3. The first-order chi connectivity index (χ1) is 10.4. The summed E-state index contributed by atoms with van der Waals surface area (Å²) in [7, 11) is 0. The molecule has 0 fully saturated rings. The van der Waals surface area contributed by atoms with Crippen molar-refractivity contribution in [3.63, 3.8) is 0 Å². The molecule has 112 valence electrons. The Morgan fingerprint density at radius 3 is 2.68 bits per heavy atom. The van der Waals surface area contributed by atoms with Crippen molar-refractivity contribution in [2.75, 3.05) is 5.32 Å². The van der Waals surface area contributed by atoms with Crippen LogP contribution in [-0.2, 0) is 4.79 Å². The van der Waals surface area contributed by atoms with E-state index in [-0.39, 0.29) is 11.5 Å². The molecule has 1 amide bonds. The van der Waals surface area contributed by atoms with Gasteiger partial charge in [-0.05, 0) is 37.6 Å². The number of aromatic nitrogens is 1. The first-order valence-electron chi connectivity index (χ1n) is 6.64. The Balaban J connectivity index is 2.13. The minimum atomic E-state index is -0.976. The van der Waals surface area contributed by atoms with E-state index in [4.69, 9.17) is 0 Å². The summed E-state index contributed by atoms with van der Waals surface area (Å²) < 4.78 is 0.882. The van der Waals surface area contributed by atoms with Crippen molar-refractivity contribution in [3.8, 4) is 0 Å². The molecule has 0 radical (unpaired) electrons. The SMILES string of the molecule is Cc1[nH]c(/C=C2\C(=O)Nc3cc(Br)ccc32)c(C)c1C(=O)O. The average molecular weight is 361 g/mol. The standard InChI is InChI=1S/C16H13BrN2O3/c1-7-12(18-8(2)14(7)16(21)22)6-11-10-4-3-9(17)5-13(10)19-15(11)20/h3-6,18H,1-2H3,(H,19,20)(H,21,22)/b11-6-. The zero-order valence-corrected chi connectivity index (χ0v) is 13.5. The topological polar surface area (TPSA) is 82.2 Å². The number of carbonyl (C=O) groups excluding carboxylic acids is 1. The molecule has 5 nitrogen and oxygen atoms in total. The van der Waals surface area contributed by atoms with Gasteiger partial charge in [-0.15, -0.1) is 0 Å². The fourth-order valence-electron chi connectivity index (χ4n) is 2.69. The lowest BCUT2D eigenvalue weighted by atomic mass is 10.0. The van der Waals surface area contributed by atoms with Crippen LogP contribution in [0.2, 0.25) is 0 Å². The van der Waals surface area contributed by atoms with Gasteiger partial charge in [0.25, 0.3) is 5.91 Å². The number of carboxylic acid groups (broad SMARTS) is 1. The molecule has 0 saturated carbocycles. The van der Waals surface area contributed by atoms with Crippen molar-refractivity contribution >= 4 is 45.1 Å². The van der Waals surface area contributed by atoms with Gasteiger partial charge in [0.05, 0.1) is 16.8 Å². The lowest BCUT2D eigenvalue weighted by molar-refractivity contribution is -0.110. The minimum Gasteiger partial charge on any atom is -0.478 e. The molecule has 0 unspecified atom stereocenters. The van der Waals surface area contributed by atoms with Crippen molar-refractivity contribution in [2.24, 2.45) is 0 Å². The summed E-state index contributed by atoms with van der Waals surface area (Å²) in [6.07, 6.45) is 1.70. The van der Waals surface area contributed by atoms with E-state index in [1.54, 1.807) is 19.9 Å². The first-order valence-corrected chi connectivity index (χ1v) is 7.43. The van der Waals surface area contributed by atoms with E-state index in [1.165, 1.54) is 0 Å². The number of hydrogen-bond acceptors (Lipinski definition) is 2. The van der Waals surface area contributed by atoms with Crippen LogP contribution < -0.4 is 5.32 Å². The fraction of sp³-hybridized carbons (Fsp3) is 0.125. The molecule has 2 aromatic rings. The molecule has 1 aromatic carbocycles. The Labute approximate surface area is 135 Å². The van der Waals surface area contributed by atoms with Crippen molar-refractivity contribution in [1.82, 2.24) is 4.98 Å². The maximum atomic E-state index is 12.2. The van der Waals surface area contributed by atoms with E-state index in [0.29, 0.717) is 22.5 Å². The Morgan fingerprint density at radius 2 is 2.05 bits per heavy atom. The number of hydrogen-bond donors (Lipinski definition) is 3. The lowest BCUT2D eigenvalue weighted by Crippen LogP contribution is -2.03. The van der Waals surface area contributed by atoms with E-state index in [0.717, 1.165) is 15.7 Å². The molecule has 22 heavy (non-hydrogen) atoms. The summed E-state index contributed by atoms with van der Waals surface area (Å²) in [6.45, 7) is 3.44. The second-order valence-corrected chi connectivity index (χ2v) is 6.09. The normalized spacial score (nSPS) is 15.0. The van der Waals surface area contributed by atoms with Crippen LogP contribution in [0.5, 0.6) is 0 Å². The van der Waals surface area contributed by atoms with Crippen LogP contribution in [0.25, 0.3) is 11.6 Å². The zero-order chi connectivity index (χ0) is 16.0. The summed E-state index contributed by atoms with van der Waals surface area (Å²) in [5, 5.41) is 12.0. The number of benzene rings is 1. The van der Waals surface area contributed by atoms with Gasteiger partial charge < -0.3 is 15.4 Å². The molecule has 0 saturated heterocycles. The third-order valence-corrected chi connectivity index (χ3v) is 4.24. The van der Waals surface area contributed by atoms with Crippen LogP contribution in [-0.4, -0.2) is 22.0 Å². The van der Waals surface area contributed by atoms with E-state index >= 15 is 0 Å². The quantitative estimate of drug-likeness (QED) is 0.715. The highest BCUT2D eigenvalue weighted by Gasteiger charge is 2.25. The third kappa shape index (κ3) is 2.25. The van der Waals surface area contributed by atoms with Crippen LogP contribution >= 0.6 is 15.9 Å². The van der Waals surface area contributed by atoms with E-state index < -0.39 is 5.97 Å². The second kappa shape index (κ2) is 5.14. The molecule has 1 aliphatic rings. The molecule has 0 bridgehead atoms. The van der Waals surface area contributed by atoms with Gasteiger partial charge in [-0.2, -0.15) is 0 Å². The minimum absolute atomic E-state index is 0.198. The maximum absolute atomic E-state index is 12.2. The largest absolute Gasteiger partial charge is 0.478 e. The molecule has 2 heterocycles. The Bertz CT molecular complexity index is 849. The highest BCUT2D eigenvalue weighted by atomic mass is 79.9. The number of H-pyrrole nitrogens is 1. The van der Waals surface area contributed by atoms with Crippen molar-refractivity contribution in [3.05, 3.63) is 50.8 Å². The molecule has 6 heteroatoms. The molecule has 1 aromatic heterocycles. The van der Waals surface area contributed by atoms with Gasteiger partial charge in [-0.3, -0.25) is 4.79 Å². The number of aryl methyl sites for hydroxylation is 1. The van der Waals surface area contributed by atoms with Gasteiger partial charge >= 0.3 is 5.97 Å². The smallest absolute Gasteiger partial charge is 0.337 e. The Kier molecular flexibility index (Phi) is 3.41. The fourth-order valence-corrected chi connectivity index (χ4v) is 3.05. The van der Waals surface area contributed by atoms with Crippen LogP contribution in [0.15, 0.2) is 22.7 Å². The second-order valence-electron chi connectivity index (χ2n) is 5.17. The number of fused-ring (bicyclic) bond motifs is 1. The Hall–Kier alpha value is -2.34. The van der Waals surface area contributed by atoms with Crippen LogP contribution in [0.4, 0.5) is 5.69 Å². The average Bonchev–Trinajstić information content (AvgIpc) is 2.87. The van der Waals surface area contributed by atoms with Crippen molar-refractivity contribution in [2.45, 2.75) is 13.8 Å². The number of nitrogens with one attached hydrogen (secondary N) is 2. The van der Waals surface area contributed by atoms with E-state index in [9.17, 15) is 14.7 Å².